The summed E-state index contributed by atoms with van der Waals surface area (Å²) < 4.78 is 259. The van der Waals surface area contributed by atoms with Gasteiger partial charge in [-0.05, 0) is 176 Å². The first kappa shape index (κ1) is 89.9. The fourth-order valence-corrected chi connectivity index (χ4v) is 9.77. The van der Waals surface area contributed by atoms with E-state index in [0.29, 0.717) is 90.5 Å². The molecular formula is C70H52Br2ClF20N15O5. The van der Waals surface area contributed by atoms with Crippen LogP contribution in [0, 0.1) is 63.7 Å². The maximum atomic E-state index is 13.8. The Morgan fingerprint density at radius 3 is 0.903 bits per heavy atom. The van der Waals surface area contributed by atoms with Crippen LogP contribution in [-0.2, 0) is 30.9 Å². The summed E-state index contributed by atoms with van der Waals surface area (Å²) in [5.41, 5.74) is -5.30. The maximum Gasteiger partial charge on any atom is 0.419 e. The Labute approximate surface area is 646 Å². The first-order chi connectivity index (χ1) is 52.6. The predicted octanol–water partition coefficient (Wildman–Crippen LogP) is 23.1. The molecule has 0 atom stereocenters. The minimum atomic E-state index is -4.85. The van der Waals surface area contributed by atoms with E-state index in [9.17, 15) is 112 Å². The smallest absolute Gasteiger partial charge is 0.308 e. The van der Waals surface area contributed by atoms with Crippen molar-refractivity contribution < 1.29 is 112 Å². The second kappa shape index (κ2) is 38.8. The van der Waals surface area contributed by atoms with Crippen LogP contribution in [0.1, 0.15) is 56.3 Å². The van der Waals surface area contributed by atoms with Crippen LogP contribution >= 0.6 is 43.5 Å². The molecule has 0 aliphatic heterocycles. The molecule has 5 aromatic heterocycles. The van der Waals surface area contributed by atoms with E-state index in [0.717, 1.165) is 60.7 Å². The van der Waals surface area contributed by atoms with Crippen molar-refractivity contribution in [1.82, 2.24) is 24.9 Å². The van der Waals surface area contributed by atoms with Crippen molar-refractivity contribution in [3.8, 4) is 0 Å². The fraction of sp³-hybridized carbons (Fsp3) is 0.143. The highest BCUT2D eigenvalue weighted by Crippen LogP contribution is 2.39. The number of halogens is 23. The highest BCUT2D eigenvalue weighted by molar-refractivity contribution is 9.11. The van der Waals surface area contributed by atoms with E-state index in [2.05, 4.69) is 94.0 Å². The molecule has 113 heavy (non-hydrogen) atoms. The molecule has 10 rings (SSSR count). The van der Waals surface area contributed by atoms with E-state index in [-0.39, 0.29) is 10.8 Å². The summed E-state index contributed by atoms with van der Waals surface area (Å²) in [6, 6.07) is 20.8. The number of nitrogens with zero attached hydrogens (tertiary/aromatic N) is 5. The summed E-state index contributed by atoms with van der Waals surface area (Å²) in [4.78, 5) is 78.6. The molecular weight excluding hydrogens is 1710 g/mol. The molecule has 0 radical (unpaired) electrons. The standard InChI is InChI=1S/2C14H10BrF4N3O.C14H10ClF4N3O.2C14H11F4N3O/c1-7-5-11(9(15)6-20-7)22-13(23)21-10-4-2-3-8(12(10)16)14(17,18)19;1-7-11(15)9(5-6-20-7)21-13(23)22-10-4-2-3-8(12(10)16)14(17,18)19;1-7-5-8(6-11(15)20-7)21-13(23)22-10-4-2-3-9(12(10)16)14(17,18)19;2*1-8-7-9(5-6-19-8)20-13(22)21-11-4-2-3-10(12(11)15)14(16,17)18/h3*2-6H,1H3,(H2,20,21,22,23);2*2-7H,1H3,(H2,19,20,21,22). The van der Waals surface area contributed by atoms with Crippen molar-refractivity contribution in [3.05, 3.63) is 264 Å². The number of alkyl halides is 15. The minimum absolute atomic E-state index is 0.130. The molecule has 5 aromatic carbocycles. The van der Waals surface area contributed by atoms with Crippen LogP contribution in [-0.4, -0.2) is 55.1 Å². The predicted molar refractivity (Wildman–Crippen MR) is 385 cm³/mol. The van der Waals surface area contributed by atoms with E-state index in [1.54, 1.807) is 52.8 Å². The van der Waals surface area contributed by atoms with Gasteiger partial charge < -0.3 is 53.2 Å². The zero-order valence-electron chi connectivity index (χ0n) is 57.6. The average molecular weight is 1760 g/mol. The number of carbonyl (C=O) groups is 5. The lowest BCUT2D eigenvalue weighted by molar-refractivity contribution is -0.140. The van der Waals surface area contributed by atoms with Crippen molar-refractivity contribution in [2.75, 3.05) is 53.2 Å². The van der Waals surface area contributed by atoms with E-state index in [4.69, 9.17) is 11.6 Å². The first-order valence-corrected chi connectivity index (χ1v) is 33.0. The molecule has 0 aliphatic rings. The third-order valence-electron chi connectivity index (χ3n) is 13.8. The molecule has 43 heteroatoms. The van der Waals surface area contributed by atoms with Gasteiger partial charge in [0.15, 0.2) is 29.1 Å². The van der Waals surface area contributed by atoms with Crippen LogP contribution in [0.4, 0.5) is 169 Å². The lowest BCUT2D eigenvalue weighted by Gasteiger charge is -2.13. The highest BCUT2D eigenvalue weighted by Gasteiger charge is 2.39. The van der Waals surface area contributed by atoms with Gasteiger partial charge in [0, 0.05) is 64.6 Å². The molecule has 598 valence electrons. The van der Waals surface area contributed by atoms with Crippen LogP contribution in [0.3, 0.4) is 0 Å². The molecule has 5 heterocycles. The lowest BCUT2D eigenvalue weighted by atomic mass is 10.2. The molecule has 0 unspecified atom stereocenters. The van der Waals surface area contributed by atoms with Crippen LogP contribution < -0.4 is 53.2 Å². The highest BCUT2D eigenvalue weighted by atomic mass is 79.9. The number of benzene rings is 5. The summed E-state index contributed by atoms with van der Waals surface area (Å²) in [5.74, 6) is -7.70. The zero-order chi connectivity index (χ0) is 84.3. The Morgan fingerprint density at radius 2 is 0.593 bits per heavy atom. The van der Waals surface area contributed by atoms with Crippen LogP contribution in [0.15, 0.2) is 173 Å². The third-order valence-corrected chi connectivity index (χ3v) is 15.6. The first-order valence-electron chi connectivity index (χ1n) is 31.0. The molecule has 0 saturated carbocycles. The number of aryl methyl sites for hydroxylation is 5. The number of hydrogen-bond acceptors (Lipinski definition) is 10. The van der Waals surface area contributed by atoms with Gasteiger partial charge in [0.1, 0.15) is 5.15 Å². The Kier molecular flexibility index (Phi) is 30.9. The van der Waals surface area contributed by atoms with Crippen LogP contribution in [0.2, 0.25) is 5.15 Å². The lowest BCUT2D eigenvalue weighted by Crippen LogP contribution is -2.21. The average Bonchev–Trinajstić information content (AvgIpc) is 0.833. The van der Waals surface area contributed by atoms with Crippen molar-refractivity contribution in [2.45, 2.75) is 65.5 Å². The summed E-state index contributed by atoms with van der Waals surface area (Å²) in [6.45, 7) is 8.44. The van der Waals surface area contributed by atoms with Crippen molar-refractivity contribution in [3.63, 3.8) is 0 Å². The summed E-state index contributed by atoms with van der Waals surface area (Å²) in [6.07, 6.45) is -18.4. The van der Waals surface area contributed by atoms with Crippen molar-refractivity contribution >= 4 is 130 Å². The Morgan fingerprint density at radius 1 is 0.319 bits per heavy atom. The number of pyridine rings is 5. The number of carbonyl (C=O) groups excluding carboxylic acids is 5. The van der Waals surface area contributed by atoms with Gasteiger partial charge in [-0.1, -0.05) is 41.9 Å². The molecule has 0 bridgehead atoms. The molecule has 20 nitrogen and oxygen atoms in total. The number of hydrogen-bond donors (Lipinski definition) is 10. The second-order valence-electron chi connectivity index (χ2n) is 22.5. The largest absolute Gasteiger partial charge is 0.419 e. The number of anilines is 10. The molecule has 0 fully saturated rings. The molecule has 10 amide bonds. The van der Waals surface area contributed by atoms with Gasteiger partial charge in [-0.25, -0.2) is 50.9 Å². The van der Waals surface area contributed by atoms with Gasteiger partial charge in [0.25, 0.3) is 0 Å². The van der Waals surface area contributed by atoms with Gasteiger partial charge in [-0.2, -0.15) is 65.9 Å². The van der Waals surface area contributed by atoms with E-state index >= 15 is 0 Å². The van der Waals surface area contributed by atoms with E-state index in [1.165, 1.54) is 55.1 Å². The van der Waals surface area contributed by atoms with E-state index < -0.39 is 146 Å². The molecule has 10 aromatic rings. The van der Waals surface area contributed by atoms with Crippen LogP contribution in [0.5, 0.6) is 0 Å². The maximum absolute atomic E-state index is 13.8. The normalized spacial score (nSPS) is 11.2. The number of nitrogens with one attached hydrogen (secondary N) is 10. The summed E-state index contributed by atoms with van der Waals surface area (Å²) >= 11 is 12.1. The quantitative estimate of drug-likeness (QED) is 0.0457. The SMILES string of the molecule is Cc1cc(NC(=O)Nc2cccc(C(F)(F)F)c2F)c(Br)cn1.Cc1cc(NC(=O)Nc2cccc(C(F)(F)F)c2F)cc(Cl)n1.Cc1cc(NC(=O)Nc2cccc(C(F)(F)F)c2F)ccn1.Cc1cc(NC(=O)Nc2cccc(C(F)(F)F)c2F)ccn1.Cc1nccc(NC(=O)Nc2cccc(C(F)(F)F)c2F)c1Br. The van der Waals surface area contributed by atoms with Gasteiger partial charge >= 0.3 is 61.0 Å². The monoisotopic (exact) mass is 1760 g/mol. The second-order valence-corrected chi connectivity index (χ2v) is 24.5. The van der Waals surface area contributed by atoms with E-state index in [1.807, 2.05) is 16.0 Å². The van der Waals surface area contributed by atoms with Crippen LogP contribution in [0.25, 0.3) is 0 Å². The molecule has 10 N–H and O–H groups in total. The van der Waals surface area contributed by atoms with Gasteiger partial charge in [-0.15, -0.1) is 0 Å². The third kappa shape index (κ3) is 27.5. The minimum Gasteiger partial charge on any atom is -0.308 e. The number of aromatic nitrogens is 5. The Bertz CT molecular complexity index is 4880. The Hall–Kier alpha value is -12.0. The fourth-order valence-electron chi connectivity index (χ4n) is 8.87. The number of rotatable bonds is 10. The molecule has 0 saturated heterocycles. The van der Waals surface area contributed by atoms with Crippen molar-refractivity contribution in [2.24, 2.45) is 0 Å². The molecule has 0 spiro atoms. The summed E-state index contributed by atoms with van der Waals surface area (Å²) in [7, 11) is 0. The molecule has 0 aliphatic carbocycles. The Balaban J connectivity index is 0.000000220. The van der Waals surface area contributed by atoms with Gasteiger partial charge in [-0.3, -0.25) is 19.9 Å². The topological polar surface area (TPSA) is 270 Å². The summed E-state index contributed by atoms with van der Waals surface area (Å²) in [5, 5.41) is 22.2. The van der Waals surface area contributed by atoms with Gasteiger partial charge in [0.05, 0.1) is 82.3 Å². The van der Waals surface area contributed by atoms with Crippen molar-refractivity contribution in [1.29, 1.82) is 0 Å². The van der Waals surface area contributed by atoms with Gasteiger partial charge in [0.2, 0.25) is 0 Å². The zero-order valence-corrected chi connectivity index (χ0v) is 61.5. The number of urea groups is 5. The number of amides is 10.